The molecule has 0 spiro atoms. The summed E-state index contributed by atoms with van der Waals surface area (Å²) in [6, 6.07) is 18.8. The number of aromatic carboxylic acids is 1. The maximum Gasteiger partial charge on any atom is 0.339 e. The molecular formula is C24H16N2O4S. The van der Waals surface area contributed by atoms with Crippen molar-refractivity contribution in [2.45, 2.75) is 6.92 Å². The number of nitrogens with zero attached hydrogens (tertiary/aromatic N) is 1. The van der Waals surface area contributed by atoms with Crippen LogP contribution in [0.15, 0.2) is 70.5 Å². The minimum Gasteiger partial charge on any atom is -0.478 e. The van der Waals surface area contributed by atoms with Crippen LogP contribution in [0.25, 0.3) is 32.3 Å². The van der Waals surface area contributed by atoms with Crippen LogP contribution >= 0.6 is 11.3 Å². The summed E-state index contributed by atoms with van der Waals surface area (Å²) in [7, 11) is 0. The van der Waals surface area contributed by atoms with Crippen molar-refractivity contribution in [3.63, 3.8) is 0 Å². The Morgan fingerprint density at radius 1 is 1.00 bits per heavy atom. The van der Waals surface area contributed by atoms with Crippen molar-refractivity contribution < 1.29 is 19.1 Å². The van der Waals surface area contributed by atoms with Crippen LogP contribution in [-0.2, 0) is 0 Å². The largest absolute Gasteiger partial charge is 0.478 e. The van der Waals surface area contributed by atoms with E-state index in [2.05, 4.69) is 10.3 Å². The third-order valence-electron chi connectivity index (χ3n) is 5.13. The molecular weight excluding hydrogens is 412 g/mol. The number of nitrogens with one attached hydrogen (secondary N) is 1. The van der Waals surface area contributed by atoms with Gasteiger partial charge in [-0.25, -0.2) is 9.78 Å². The summed E-state index contributed by atoms with van der Waals surface area (Å²) < 4.78 is 5.50. The van der Waals surface area contributed by atoms with Crippen LogP contribution in [0.1, 0.15) is 26.6 Å². The number of amides is 1. The molecule has 0 aliphatic rings. The van der Waals surface area contributed by atoms with Gasteiger partial charge in [0.05, 0.1) is 10.6 Å². The number of hydrogen-bond donors (Lipinski definition) is 2. The number of benzene rings is 3. The average molecular weight is 428 g/mol. The zero-order valence-corrected chi connectivity index (χ0v) is 17.2. The lowest BCUT2D eigenvalue weighted by Crippen LogP contribution is -2.14. The van der Waals surface area contributed by atoms with Crippen molar-refractivity contribution in [2.24, 2.45) is 0 Å². The fraction of sp³-hybridized carbons (Fsp3) is 0.0417. The number of aryl methyl sites for hydroxylation is 1. The second-order valence-corrected chi connectivity index (χ2v) is 7.95. The first-order valence-electron chi connectivity index (χ1n) is 9.53. The summed E-state index contributed by atoms with van der Waals surface area (Å²) in [5, 5.41) is 16.2. The number of hydrogen-bond acceptors (Lipinski definition) is 5. The van der Waals surface area contributed by atoms with Crippen LogP contribution in [0.3, 0.4) is 0 Å². The number of fused-ring (bicyclic) bond motifs is 2. The first kappa shape index (κ1) is 19.0. The first-order chi connectivity index (χ1) is 15.0. The number of rotatable bonds is 4. The highest BCUT2D eigenvalue weighted by Crippen LogP contribution is 2.40. The molecule has 2 heterocycles. The second kappa shape index (κ2) is 7.37. The number of aromatic nitrogens is 1. The molecule has 1 amide bonds. The molecule has 0 radical (unpaired) electrons. The summed E-state index contributed by atoms with van der Waals surface area (Å²) in [6.07, 6.45) is 0. The summed E-state index contributed by atoms with van der Waals surface area (Å²) in [4.78, 5) is 29.6. The van der Waals surface area contributed by atoms with Gasteiger partial charge in [-0.05, 0) is 35.4 Å². The summed E-state index contributed by atoms with van der Waals surface area (Å²) in [5.41, 5.74) is 3.22. The highest BCUT2D eigenvalue weighted by Gasteiger charge is 2.24. The van der Waals surface area contributed by atoms with E-state index in [-0.39, 0.29) is 17.1 Å². The number of carbonyl (C=O) groups excluding carboxylic acids is 1. The van der Waals surface area contributed by atoms with Gasteiger partial charge in [-0.3, -0.25) is 4.79 Å². The Kier molecular flexibility index (Phi) is 4.52. The van der Waals surface area contributed by atoms with Crippen LogP contribution in [0, 0.1) is 6.92 Å². The lowest BCUT2D eigenvalue weighted by atomic mass is 9.97. The van der Waals surface area contributed by atoms with Crippen molar-refractivity contribution in [2.75, 3.05) is 5.32 Å². The predicted molar refractivity (Wildman–Crippen MR) is 121 cm³/mol. The molecule has 31 heavy (non-hydrogen) atoms. The van der Waals surface area contributed by atoms with E-state index in [0.29, 0.717) is 16.0 Å². The van der Waals surface area contributed by atoms with Gasteiger partial charge in [0.1, 0.15) is 11.1 Å². The molecule has 2 aromatic heterocycles. The quantitative estimate of drug-likeness (QED) is 0.368. The topological polar surface area (TPSA) is 92.4 Å². The van der Waals surface area contributed by atoms with Gasteiger partial charge in [-0.15, -0.1) is 11.3 Å². The Balaban J connectivity index is 1.57. The number of thiophene rings is 1. The molecule has 0 unspecified atom stereocenters. The Labute approximate surface area is 180 Å². The van der Waals surface area contributed by atoms with Crippen molar-refractivity contribution in [3.05, 3.63) is 83.1 Å². The Morgan fingerprint density at radius 3 is 2.52 bits per heavy atom. The Morgan fingerprint density at radius 2 is 1.74 bits per heavy atom. The molecule has 0 bridgehead atoms. The molecule has 3 aromatic carbocycles. The van der Waals surface area contributed by atoms with Gasteiger partial charge in [0.2, 0.25) is 0 Å². The molecule has 0 fully saturated rings. The maximum atomic E-state index is 12.7. The van der Waals surface area contributed by atoms with Gasteiger partial charge >= 0.3 is 11.9 Å². The molecule has 0 saturated carbocycles. The van der Waals surface area contributed by atoms with E-state index < -0.39 is 11.9 Å². The summed E-state index contributed by atoms with van der Waals surface area (Å²) in [6.45, 7) is 2.02. The molecule has 5 aromatic rings. The first-order valence-corrected chi connectivity index (χ1v) is 10.4. The maximum absolute atomic E-state index is 12.7. The molecule has 0 aliphatic carbocycles. The van der Waals surface area contributed by atoms with Gasteiger partial charge in [0.25, 0.3) is 5.89 Å². The lowest BCUT2D eigenvalue weighted by Gasteiger charge is -2.09. The van der Waals surface area contributed by atoms with Gasteiger partial charge in [0, 0.05) is 10.9 Å². The number of carboxylic acid groups (broad SMARTS) is 1. The van der Waals surface area contributed by atoms with Crippen molar-refractivity contribution in [1.29, 1.82) is 0 Å². The Hall–Kier alpha value is -3.97. The fourth-order valence-corrected chi connectivity index (χ4v) is 4.69. The number of carbonyl (C=O) groups is 2. The standard InChI is InChI=1S/C24H16N2O4S/c1-13-10-11-16(15-7-3-2-6-14(13)15)21-20(24(28)29)18(12-31-21)25-22(27)23-26-17-8-4-5-9-19(17)30-23/h2-12H,1H3,(H,25,27)(H,28,29). The number of para-hydroxylation sites is 2. The SMILES string of the molecule is Cc1ccc(-c2scc(NC(=O)c3nc4ccccc4o3)c2C(=O)O)c2ccccc12. The zero-order chi connectivity index (χ0) is 21.5. The fourth-order valence-electron chi connectivity index (χ4n) is 3.65. The van der Waals surface area contributed by atoms with Gasteiger partial charge in [-0.1, -0.05) is 48.5 Å². The Bertz CT molecular complexity index is 1450. The summed E-state index contributed by atoms with van der Waals surface area (Å²) >= 11 is 1.27. The van der Waals surface area contributed by atoms with Crippen molar-refractivity contribution in [1.82, 2.24) is 4.98 Å². The summed E-state index contributed by atoms with van der Waals surface area (Å²) in [5.74, 6) is -1.84. The van der Waals surface area contributed by atoms with Crippen LogP contribution in [-0.4, -0.2) is 22.0 Å². The van der Waals surface area contributed by atoms with Crippen LogP contribution in [0.2, 0.25) is 0 Å². The van der Waals surface area contributed by atoms with E-state index in [1.165, 1.54) is 11.3 Å². The van der Waals surface area contributed by atoms with Crippen LogP contribution < -0.4 is 5.32 Å². The highest BCUT2D eigenvalue weighted by molar-refractivity contribution is 7.14. The van der Waals surface area contributed by atoms with E-state index >= 15 is 0 Å². The molecule has 0 atom stereocenters. The van der Waals surface area contributed by atoms with E-state index in [9.17, 15) is 14.7 Å². The van der Waals surface area contributed by atoms with Crippen LogP contribution in [0.5, 0.6) is 0 Å². The predicted octanol–water partition coefficient (Wildman–Crippen LogP) is 5.97. The monoisotopic (exact) mass is 428 g/mol. The molecule has 0 aliphatic heterocycles. The van der Waals surface area contributed by atoms with Gasteiger partial charge in [-0.2, -0.15) is 0 Å². The molecule has 2 N–H and O–H groups in total. The normalized spacial score (nSPS) is 11.1. The molecule has 152 valence electrons. The smallest absolute Gasteiger partial charge is 0.339 e. The van der Waals surface area contributed by atoms with E-state index in [0.717, 1.165) is 21.9 Å². The number of carboxylic acids is 1. The molecule has 6 nitrogen and oxygen atoms in total. The molecule has 7 heteroatoms. The number of anilines is 1. The van der Waals surface area contributed by atoms with Crippen molar-refractivity contribution >= 4 is 50.8 Å². The highest BCUT2D eigenvalue weighted by atomic mass is 32.1. The van der Waals surface area contributed by atoms with Gasteiger partial charge in [0.15, 0.2) is 5.58 Å². The minimum atomic E-state index is -1.12. The van der Waals surface area contributed by atoms with E-state index in [4.69, 9.17) is 4.42 Å². The average Bonchev–Trinajstić information content (AvgIpc) is 3.38. The van der Waals surface area contributed by atoms with Crippen molar-refractivity contribution in [3.8, 4) is 10.4 Å². The number of oxazole rings is 1. The second-order valence-electron chi connectivity index (χ2n) is 7.08. The molecule has 5 rings (SSSR count). The zero-order valence-electron chi connectivity index (χ0n) is 16.4. The third-order valence-corrected chi connectivity index (χ3v) is 6.14. The lowest BCUT2D eigenvalue weighted by molar-refractivity contribution is 0.0699. The van der Waals surface area contributed by atoms with Gasteiger partial charge < -0.3 is 14.8 Å². The minimum absolute atomic E-state index is 0.0449. The van der Waals surface area contributed by atoms with E-state index in [1.54, 1.807) is 29.6 Å². The van der Waals surface area contributed by atoms with Crippen LogP contribution in [0.4, 0.5) is 5.69 Å². The molecule has 0 saturated heterocycles. The van der Waals surface area contributed by atoms with E-state index in [1.807, 2.05) is 43.3 Å². The third kappa shape index (κ3) is 3.25.